The predicted octanol–water partition coefficient (Wildman–Crippen LogP) is 0.282. The minimum atomic E-state index is 0. The first-order valence-corrected chi connectivity index (χ1v) is 10.5. The fraction of sp³-hybridized carbons (Fsp3) is 0.240. The number of rotatable bonds is 4. The van der Waals surface area contributed by atoms with Crippen LogP contribution in [0.5, 0.6) is 0 Å². The summed E-state index contributed by atoms with van der Waals surface area (Å²) < 4.78 is 4.51. The molecular weight excluding hydrogens is 497 g/mol. The van der Waals surface area contributed by atoms with Crippen LogP contribution in [0.1, 0.15) is 39.8 Å². The van der Waals surface area contributed by atoms with Crippen molar-refractivity contribution in [3.8, 4) is 23.0 Å². The number of fused-ring (bicyclic) bond motifs is 2. The van der Waals surface area contributed by atoms with Gasteiger partial charge in [-0.15, -0.1) is 0 Å². The first-order valence-electron chi connectivity index (χ1n) is 10.5. The molecule has 0 saturated carbocycles. The average molecular weight is 522 g/mol. The van der Waals surface area contributed by atoms with Crippen molar-refractivity contribution in [1.82, 2.24) is 24.1 Å². The Hall–Kier alpha value is -2.37. The number of hydrogen-bond donors (Lipinski definition) is 0. The van der Waals surface area contributed by atoms with Gasteiger partial charge >= 0.3 is 17.1 Å². The fourth-order valence-corrected chi connectivity index (χ4v) is 4.18. The molecule has 3 heterocycles. The van der Waals surface area contributed by atoms with Crippen LogP contribution in [0.2, 0.25) is 0 Å². The zero-order valence-electron chi connectivity index (χ0n) is 18.9. The van der Waals surface area contributed by atoms with Crippen molar-refractivity contribution in [2.45, 2.75) is 39.8 Å². The van der Waals surface area contributed by atoms with E-state index in [-0.39, 0.29) is 54.0 Å². The van der Waals surface area contributed by atoms with Crippen molar-refractivity contribution >= 4 is 22.1 Å². The number of benzene rings is 2. The molecule has 0 unspecified atom stereocenters. The quantitative estimate of drug-likeness (QED) is 0.319. The maximum Gasteiger partial charge on any atom is 2.00 e. The maximum atomic E-state index is 5.02. The number of aromatic nitrogens is 5. The Kier molecular flexibility index (Phi) is 8.72. The van der Waals surface area contributed by atoms with Gasteiger partial charge in [-0.1, -0.05) is 30.3 Å². The Morgan fingerprint density at radius 2 is 0.939 bits per heavy atom. The topological polar surface area (TPSA) is 48.5 Å². The molecule has 5 rings (SSSR count). The maximum absolute atomic E-state index is 5.02. The molecule has 0 aliphatic carbocycles. The predicted molar refractivity (Wildman–Crippen MR) is 122 cm³/mol. The summed E-state index contributed by atoms with van der Waals surface area (Å²) in [5, 5.41) is 0. The summed E-state index contributed by atoms with van der Waals surface area (Å²) >= 11 is 0. The van der Waals surface area contributed by atoms with Gasteiger partial charge in [0.05, 0.1) is 22.1 Å². The molecule has 5 aromatic rings. The second-order valence-corrected chi connectivity index (χ2v) is 8.18. The number of halogens is 2. The summed E-state index contributed by atoms with van der Waals surface area (Å²) in [4.78, 5) is 14.8. The minimum absolute atomic E-state index is 0. The van der Waals surface area contributed by atoms with Crippen LogP contribution in [0, 0.1) is 0 Å². The summed E-state index contributed by atoms with van der Waals surface area (Å²) in [5.74, 6) is 1.78. The van der Waals surface area contributed by atoms with Crippen LogP contribution in [0.25, 0.3) is 45.1 Å². The molecule has 172 valence electrons. The van der Waals surface area contributed by atoms with Gasteiger partial charge in [-0.2, -0.15) is 0 Å². The first kappa shape index (κ1) is 26.9. The Labute approximate surface area is 216 Å². The third-order valence-corrected chi connectivity index (χ3v) is 5.43. The van der Waals surface area contributed by atoms with E-state index in [1.807, 2.05) is 30.3 Å². The van der Waals surface area contributed by atoms with Crippen molar-refractivity contribution in [3.05, 3.63) is 66.7 Å². The van der Waals surface area contributed by atoms with Gasteiger partial charge in [0.15, 0.2) is 11.6 Å². The van der Waals surface area contributed by atoms with E-state index in [1.54, 1.807) is 0 Å². The number of para-hydroxylation sites is 4. The van der Waals surface area contributed by atoms with Crippen LogP contribution in [-0.2, 0) is 17.1 Å². The molecule has 0 atom stereocenters. The molecule has 33 heavy (non-hydrogen) atoms. The van der Waals surface area contributed by atoms with Crippen LogP contribution in [-0.4, -0.2) is 24.1 Å². The van der Waals surface area contributed by atoms with Gasteiger partial charge in [0, 0.05) is 12.1 Å². The zero-order chi connectivity index (χ0) is 20.8. The number of imidazole rings is 2. The van der Waals surface area contributed by atoms with E-state index in [1.165, 1.54) is 0 Å². The first-order chi connectivity index (χ1) is 14.5. The van der Waals surface area contributed by atoms with E-state index in [0.717, 1.165) is 45.1 Å². The normalized spacial score (nSPS) is 10.8. The van der Waals surface area contributed by atoms with Crippen molar-refractivity contribution in [3.63, 3.8) is 0 Å². The molecular formula is C25H25Cl2FeN5. The molecule has 0 N–H and O–H groups in total. The Balaban J connectivity index is 0.00000128. The van der Waals surface area contributed by atoms with Gasteiger partial charge in [-0.3, -0.25) is 0 Å². The molecule has 3 aromatic heterocycles. The minimum Gasteiger partial charge on any atom is -1.00 e. The van der Waals surface area contributed by atoms with E-state index >= 15 is 0 Å². The van der Waals surface area contributed by atoms with Gasteiger partial charge in [-0.05, 0) is 64.1 Å². The van der Waals surface area contributed by atoms with E-state index in [2.05, 4.69) is 73.2 Å². The molecule has 0 aliphatic heterocycles. The van der Waals surface area contributed by atoms with E-state index in [4.69, 9.17) is 15.0 Å². The van der Waals surface area contributed by atoms with Crippen LogP contribution >= 0.6 is 0 Å². The second kappa shape index (κ2) is 10.7. The summed E-state index contributed by atoms with van der Waals surface area (Å²) in [6.45, 7) is 8.72. The van der Waals surface area contributed by atoms with E-state index in [9.17, 15) is 0 Å². The van der Waals surface area contributed by atoms with Crippen molar-refractivity contribution in [1.29, 1.82) is 0 Å². The average Bonchev–Trinajstić information content (AvgIpc) is 3.33. The van der Waals surface area contributed by atoms with Crippen LogP contribution < -0.4 is 24.8 Å². The molecule has 8 heteroatoms. The van der Waals surface area contributed by atoms with Gasteiger partial charge < -0.3 is 33.9 Å². The standard InChI is InChI=1S/C25H25N5.2ClH.Fe/c1-16(2)29-22-14-7-5-10-18(22)27-24(29)20-12-9-13-21(26-20)25-28-19-11-6-8-15-23(19)30(25)17(3)4;;;/h5-17H,1-4H3;2*1H;/q;;;+2/p-2. The van der Waals surface area contributed by atoms with Crippen LogP contribution in [0.3, 0.4) is 0 Å². The van der Waals surface area contributed by atoms with Crippen molar-refractivity contribution in [2.75, 3.05) is 0 Å². The Morgan fingerprint density at radius 1 is 0.545 bits per heavy atom. The summed E-state index contributed by atoms with van der Waals surface area (Å²) in [6.07, 6.45) is 0. The zero-order valence-corrected chi connectivity index (χ0v) is 21.5. The van der Waals surface area contributed by atoms with Crippen LogP contribution in [0.15, 0.2) is 66.7 Å². The summed E-state index contributed by atoms with van der Waals surface area (Å²) in [6, 6.07) is 23.2. The van der Waals surface area contributed by atoms with Crippen LogP contribution in [0.4, 0.5) is 0 Å². The van der Waals surface area contributed by atoms with Gasteiger partial charge in [0.1, 0.15) is 11.4 Å². The third-order valence-electron chi connectivity index (χ3n) is 5.43. The molecule has 0 bridgehead atoms. The largest absolute Gasteiger partial charge is 2.00 e. The molecule has 0 radical (unpaired) electrons. The van der Waals surface area contributed by atoms with Gasteiger partial charge in [0.25, 0.3) is 0 Å². The molecule has 0 aliphatic rings. The SMILES string of the molecule is CC(C)n1c(-c2cccc(-c3nc4ccccc4n3C(C)C)n2)nc2ccccc21.[Cl-].[Cl-].[Fe+2]. The van der Waals surface area contributed by atoms with Gasteiger partial charge in [-0.25, -0.2) is 15.0 Å². The Morgan fingerprint density at radius 3 is 1.33 bits per heavy atom. The Bertz CT molecular complexity index is 1270. The monoisotopic (exact) mass is 521 g/mol. The molecule has 0 spiro atoms. The number of hydrogen-bond acceptors (Lipinski definition) is 3. The number of pyridine rings is 1. The molecule has 0 fully saturated rings. The fourth-order valence-electron chi connectivity index (χ4n) is 4.18. The molecule has 0 amide bonds. The van der Waals surface area contributed by atoms with Gasteiger partial charge in [0.2, 0.25) is 0 Å². The van der Waals surface area contributed by atoms with E-state index in [0.29, 0.717) is 0 Å². The van der Waals surface area contributed by atoms with E-state index < -0.39 is 0 Å². The third kappa shape index (κ3) is 4.67. The van der Waals surface area contributed by atoms with Crippen molar-refractivity contribution in [2.24, 2.45) is 0 Å². The smallest absolute Gasteiger partial charge is 1.00 e. The second-order valence-electron chi connectivity index (χ2n) is 8.18. The van der Waals surface area contributed by atoms with Crippen molar-refractivity contribution < 1.29 is 41.9 Å². The summed E-state index contributed by atoms with van der Waals surface area (Å²) in [5.41, 5.74) is 5.96. The summed E-state index contributed by atoms with van der Waals surface area (Å²) in [7, 11) is 0. The molecule has 0 saturated heterocycles. The molecule has 2 aromatic carbocycles. The molecule has 5 nitrogen and oxygen atoms in total. The number of nitrogens with zero attached hydrogens (tertiary/aromatic N) is 5.